The summed E-state index contributed by atoms with van der Waals surface area (Å²) in [5, 5.41) is 9.54. The van der Waals surface area contributed by atoms with Crippen molar-refractivity contribution < 1.29 is 13.9 Å². The van der Waals surface area contributed by atoms with Gasteiger partial charge in [-0.2, -0.15) is 0 Å². The third-order valence-corrected chi connectivity index (χ3v) is 2.77. The number of aromatic hydroxyl groups is 1. The van der Waals surface area contributed by atoms with Crippen molar-refractivity contribution in [2.45, 2.75) is 13.8 Å². The maximum absolute atomic E-state index is 13.2. The molecular formula is C14H12F2O. The van der Waals surface area contributed by atoms with E-state index in [9.17, 15) is 13.9 Å². The molecule has 88 valence electrons. The number of aryl methyl sites for hydroxylation is 2. The van der Waals surface area contributed by atoms with E-state index in [-0.39, 0.29) is 5.75 Å². The van der Waals surface area contributed by atoms with Crippen molar-refractivity contribution in [3.63, 3.8) is 0 Å². The van der Waals surface area contributed by atoms with Crippen LogP contribution in [0.2, 0.25) is 0 Å². The van der Waals surface area contributed by atoms with Gasteiger partial charge in [-0.15, -0.1) is 0 Å². The smallest absolute Gasteiger partial charge is 0.159 e. The summed E-state index contributed by atoms with van der Waals surface area (Å²) >= 11 is 0. The first-order valence-corrected chi connectivity index (χ1v) is 5.24. The third-order valence-electron chi connectivity index (χ3n) is 2.77. The fourth-order valence-electron chi connectivity index (χ4n) is 1.78. The van der Waals surface area contributed by atoms with Crippen molar-refractivity contribution in [3.8, 4) is 16.9 Å². The number of phenolic OH excluding ortho intramolecular Hbond substituents is 1. The lowest BCUT2D eigenvalue weighted by Crippen LogP contribution is -1.89. The molecule has 0 spiro atoms. The lowest BCUT2D eigenvalue weighted by Gasteiger charge is -2.09. The average molecular weight is 234 g/mol. The average Bonchev–Trinajstić information content (AvgIpc) is 2.27. The van der Waals surface area contributed by atoms with Gasteiger partial charge in [-0.1, -0.05) is 6.07 Å². The summed E-state index contributed by atoms with van der Waals surface area (Å²) in [5.74, 6) is -1.52. The minimum Gasteiger partial charge on any atom is -0.508 e. The highest BCUT2D eigenvalue weighted by molar-refractivity contribution is 5.69. The Morgan fingerprint density at radius 1 is 0.882 bits per heavy atom. The molecule has 2 aromatic carbocycles. The molecule has 0 saturated carbocycles. The summed E-state index contributed by atoms with van der Waals surface area (Å²) in [7, 11) is 0. The highest BCUT2D eigenvalue weighted by Gasteiger charge is 2.08. The van der Waals surface area contributed by atoms with Gasteiger partial charge in [0.2, 0.25) is 0 Å². The summed E-state index contributed by atoms with van der Waals surface area (Å²) in [4.78, 5) is 0. The summed E-state index contributed by atoms with van der Waals surface area (Å²) in [6, 6.07) is 7.17. The molecule has 3 heteroatoms. The van der Waals surface area contributed by atoms with E-state index in [4.69, 9.17) is 0 Å². The lowest BCUT2D eigenvalue weighted by atomic mass is 9.98. The second-order valence-corrected chi connectivity index (χ2v) is 4.08. The minimum absolute atomic E-state index is 0.203. The van der Waals surface area contributed by atoms with Crippen LogP contribution in [0, 0.1) is 25.5 Å². The first-order chi connectivity index (χ1) is 7.99. The number of halogens is 2. The minimum atomic E-state index is -0.868. The Morgan fingerprint density at radius 2 is 1.59 bits per heavy atom. The van der Waals surface area contributed by atoms with Crippen LogP contribution >= 0.6 is 0 Å². The highest BCUT2D eigenvalue weighted by atomic mass is 19.2. The second kappa shape index (κ2) is 4.17. The molecule has 0 aliphatic carbocycles. The maximum Gasteiger partial charge on any atom is 0.159 e. The molecule has 1 nitrogen and oxygen atoms in total. The molecule has 0 radical (unpaired) electrons. The van der Waals surface area contributed by atoms with Gasteiger partial charge in [0.05, 0.1) is 0 Å². The fraction of sp³-hybridized carbons (Fsp3) is 0.143. The molecule has 0 aliphatic heterocycles. The van der Waals surface area contributed by atoms with Crippen molar-refractivity contribution in [3.05, 3.63) is 53.1 Å². The van der Waals surface area contributed by atoms with Gasteiger partial charge in [-0.3, -0.25) is 0 Å². The molecule has 0 amide bonds. The number of benzene rings is 2. The van der Waals surface area contributed by atoms with E-state index in [1.165, 1.54) is 6.07 Å². The van der Waals surface area contributed by atoms with Crippen LogP contribution in [0.3, 0.4) is 0 Å². The van der Waals surface area contributed by atoms with Crippen LogP contribution in [0.15, 0.2) is 30.3 Å². The fourth-order valence-corrected chi connectivity index (χ4v) is 1.78. The zero-order valence-corrected chi connectivity index (χ0v) is 9.59. The second-order valence-electron chi connectivity index (χ2n) is 4.08. The van der Waals surface area contributed by atoms with Gasteiger partial charge in [0.1, 0.15) is 5.75 Å². The molecule has 0 heterocycles. The van der Waals surface area contributed by atoms with Crippen molar-refractivity contribution in [2.24, 2.45) is 0 Å². The Kier molecular flexibility index (Phi) is 2.84. The molecule has 0 atom stereocenters. The molecule has 0 bridgehead atoms. The topological polar surface area (TPSA) is 20.2 Å². The van der Waals surface area contributed by atoms with Crippen LogP contribution in [0.5, 0.6) is 5.75 Å². The molecule has 2 rings (SSSR count). The van der Waals surface area contributed by atoms with Crippen molar-refractivity contribution in [1.29, 1.82) is 0 Å². The van der Waals surface area contributed by atoms with Gasteiger partial charge in [0.25, 0.3) is 0 Å². The van der Waals surface area contributed by atoms with Gasteiger partial charge in [-0.05, 0) is 60.4 Å². The number of hydrogen-bond acceptors (Lipinski definition) is 1. The number of phenols is 1. The number of rotatable bonds is 1. The van der Waals surface area contributed by atoms with Gasteiger partial charge >= 0.3 is 0 Å². The molecule has 0 aliphatic rings. The Morgan fingerprint density at radius 3 is 2.24 bits per heavy atom. The Bertz CT molecular complexity index is 577. The van der Waals surface area contributed by atoms with Crippen molar-refractivity contribution in [1.82, 2.24) is 0 Å². The molecule has 1 N–H and O–H groups in total. The number of hydrogen-bond donors (Lipinski definition) is 1. The van der Waals surface area contributed by atoms with Gasteiger partial charge in [-0.25, -0.2) is 8.78 Å². The summed E-state index contributed by atoms with van der Waals surface area (Å²) in [6.07, 6.45) is 0. The van der Waals surface area contributed by atoms with Crippen LogP contribution in [-0.2, 0) is 0 Å². The van der Waals surface area contributed by atoms with E-state index in [2.05, 4.69) is 0 Å². The Labute approximate surface area is 98.3 Å². The van der Waals surface area contributed by atoms with E-state index in [1.807, 2.05) is 6.92 Å². The van der Waals surface area contributed by atoms with Crippen molar-refractivity contribution >= 4 is 0 Å². The van der Waals surface area contributed by atoms with Crippen LogP contribution in [0.25, 0.3) is 11.1 Å². The normalized spacial score (nSPS) is 10.6. The predicted octanol–water partition coefficient (Wildman–Crippen LogP) is 3.95. The summed E-state index contributed by atoms with van der Waals surface area (Å²) < 4.78 is 26.0. The van der Waals surface area contributed by atoms with Gasteiger partial charge < -0.3 is 5.11 Å². The first-order valence-electron chi connectivity index (χ1n) is 5.24. The predicted molar refractivity (Wildman–Crippen MR) is 62.9 cm³/mol. The quantitative estimate of drug-likeness (QED) is 0.792. The molecule has 0 aromatic heterocycles. The Hall–Kier alpha value is -1.90. The zero-order chi connectivity index (χ0) is 12.6. The van der Waals surface area contributed by atoms with Crippen molar-refractivity contribution in [2.75, 3.05) is 0 Å². The van der Waals surface area contributed by atoms with E-state index in [1.54, 1.807) is 19.1 Å². The first kappa shape index (κ1) is 11.6. The molecular weight excluding hydrogens is 222 g/mol. The summed E-state index contributed by atoms with van der Waals surface area (Å²) in [5.41, 5.74) is 2.91. The molecule has 0 fully saturated rings. The molecule has 0 saturated heterocycles. The van der Waals surface area contributed by atoms with Crippen LogP contribution in [-0.4, -0.2) is 5.11 Å². The van der Waals surface area contributed by atoms with E-state index < -0.39 is 11.6 Å². The van der Waals surface area contributed by atoms with Gasteiger partial charge in [0.15, 0.2) is 11.6 Å². The SMILES string of the molecule is Cc1cc(-c2ccc(F)c(F)c2)c(C)cc1O. The van der Waals surface area contributed by atoms with Crippen LogP contribution in [0.4, 0.5) is 8.78 Å². The third kappa shape index (κ3) is 2.13. The molecule has 2 aromatic rings. The largest absolute Gasteiger partial charge is 0.508 e. The zero-order valence-electron chi connectivity index (χ0n) is 9.59. The van der Waals surface area contributed by atoms with Crippen LogP contribution in [0.1, 0.15) is 11.1 Å². The highest BCUT2D eigenvalue weighted by Crippen LogP contribution is 2.30. The molecule has 0 unspecified atom stereocenters. The van der Waals surface area contributed by atoms with E-state index >= 15 is 0 Å². The summed E-state index contributed by atoms with van der Waals surface area (Å²) in [6.45, 7) is 3.58. The Balaban J connectivity index is 2.60. The standard InChI is InChI=1S/C14H12F2O/c1-8-6-14(17)9(2)5-11(8)10-3-4-12(15)13(16)7-10/h3-7,17H,1-2H3. The monoisotopic (exact) mass is 234 g/mol. The van der Waals surface area contributed by atoms with E-state index in [0.29, 0.717) is 11.1 Å². The van der Waals surface area contributed by atoms with Crippen LogP contribution < -0.4 is 0 Å². The van der Waals surface area contributed by atoms with Gasteiger partial charge in [0, 0.05) is 0 Å². The lowest BCUT2D eigenvalue weighted by molar-refractivity contribution is 0.471. The maximum atomic E-state index is 13.2. The molecule has 17 heavy (non-hydrogen) atoms. The van der Waals surface area contributed by atoms with E-state index in [0.717, 1.165) is 23.3 Å².